The minimum atomic E-state index is 0.339. The summed E-state index contributed by atoms with van der Waals surface area (Å²) >= 11 is 0. The highest BCUT2D eigenvalue weighted by Crippen LogP contribution is 2.29. The van der Waals surface area contributed by atoms with Gasteiger partial charge in [0.2, 0.25) is 0 Å². The molecular weight excluding hydrogens is 124 g/mol. The van der Waals surface area contributed by atoms with E-state index in [2.05, 4.69) is 35.2 Å². The fourth-order valence-corrected chi connectivity index (χ4v) is 1.52. The number of hydrogen-bond donors (Lipinski definition) is 2. The first-order valence-corrected chi connectivity index (χ1v) is 3.74. The van der Waals surface area contributed by atoms with Crippen LogP contribution < -0.4 is 10.6 Å². The van der Waals surface area contributed by atoms with Gasteiger partial charge in [0, 0.05) is 18.5 Å². The molecule has 2 heterocycles. The molecule has 10 heavy (non-hydrogen) atoms. The summed E-state index contributed by atoms with van der Waals surface area (Å²) in [5.41, 5.74) is 0.339. The Morgan fingerprint density at radius 2 is 1.90 bits per heavy atom. The van der Waals surface area contributed by atoms with Gasteiger partial charge in [-0.25, -0.2) is 0 Å². The van der Waals surface area contributed by atoms with Gasteiger partial charge in [0.05, 0.1) is 0 Å². The van der Waals surface area contributed by atoms with Crippen molar-refractivity contribution in [2.45, 2.75) is 6.42 Å². The summed E-state index contributed by atoms with van der Waals surface area (Å²) in [5.74, 6) is 0. The van der Waals surface area contributed by atoms with Crippen molar-refractivity contribution in [3.8, 4) is 0 Å². The summed E-state index contributed by atoms with van der Waals surface area (Å²) in [7, 11) is 0. The van der Waals surface area contributed by atoms with Crippen LogP contribution in [0.5, 0.6) is 0 Å². The highest BCUT2D eigenvalue weighted by Gasteiger charge is 2.27. The average Bonchev–Trinajstić information content (AvgIpc) is 2.39. The zero-order valence-electron chi connectivity index (χ0n) is 5.93. The smallest absolute Gasteiger partial charge is 0.0284 e. The van der Waals surface area contributed by atoms with Crippen LogP contribution in [-0.4, -0.2) is 13.1 Å². The lowest BCUT2D eigenvalue weighted by Crippen LogP contribution is -2.30. The Morgan fingerprint density at radius 3 is 2.40 bits per heavy atom. The van der Waals surface area contributed by atoms with E-state index >= 15 is 0 Å². The molecule has 0 saturated carbocycles. The lowest BCUT2D eigenvalue weighted by Gasteiger charge is -2.26. The first kappa shape index (κ1) is 5.83. The predicted molar refractivity (Wildman–Crippen MR) is 41.3 cm³/mol. The molecule has 0 bridgehead atoms. The maximum Gasteiger partial charge on any atom is 0.0284 e. The van der Waals surface area contributed by atoms with Gasteiger partial charge in [-0.05, 0) is 18.8 Å². The molecule has 1 unspecified atom stereocenters. The fourth-order valence-electron chi connectivity index (χ4n) is 1.52. The monoisotopic (exact) mass is 136 g/mol. The molecule has 2 N–H and O–H groups in total. The summed E-state index contributed by atoms with van der Waals surface area (Å²) in [6.07, 6.45) is 9.82. The summed E-state index contributed by atoms with van der Waals surface area (Å²) < 4.78 is 0. The summed E-state index contributed by atoms with van der Waals surface area (Å²) in [6.45, 7) is 2.17. The second-order valence-corrected chi connectivity index (χ2v) is 2.98. The Morgan fingerprint density at radius 1 is 1.10 bits per heavy atom. The van der Waals surface area contributed by atoms with Crippen molar-refractivity contribution in [2.24, 2.45) is 5.41 Å². The number of hydrogen-bond acceptors (Lipinski definition) is 2. The summed E-state index contributed by atoms with van der Waals surface area (Å²) in [6, 6.07) is 0. The molecule has 2 rings (SSSR count). The maximum absolute atomic E-state index is 3.22. The molecule has 2 nitrogen and oxygen atoms in total. The lowest BCUT2D eigenvalue weighted by molar-refractivity contribution is 0.437. The molecule has 0 amide bonds. The topological polar surface area (TPSA) is 24.1 Å². The third kappa shape index (κ3) is 0.801. The first-order chi connectivity index (χ1) is 4.91. The number of rotatable bonds is 0. The molecule has 1 spiro atoms. The molecule has 0 fully saturated rings. The van der Waals surface area contributed by atoms with Gasteiger partial charge >= 0.3 is 0 Å². The molecule has 2 heteroatoms. The summed E-state index contributed by atoms with van der Waals surface area (Å²) in [5, 5.41) is 6.42. The third-order valence-corrected chi connectivity index (χ3v) is 2.23. The Hall–Kier alpha value is -0.920. The number of nitrogens with one attached hydrogen (secondary N) is 2. The zero-order chi connectivity index (χ0) is 6.86. The van der Waals surface area contributed by atoms with E-state index in [4.69, 9.17) is 0 Å². The molecule has 0 aromatic rings. The van der Waals surface area contributed by atoms with Gasteiger partial charge in [-0.1, -0.05) is 12.2 Å². The van der Waals surface area contributed by atoms with E-state index in [0.717, 1.165) is 13.1 Å². The van der Waals surface area contributed by atoms with Crippen molar-refractivity contribution in [2.75, 3.05) is 13.1 Å². The SMILES string of the molecule is C1=CC2(C=CNC2)CCN1. The molecule has 2 aliphatic heterocycles. The molecular formula is C8H12N2. The minimum Gasteiger partial charge on any atom is -0.391 e. The van der Waals surface area contributed by atoms with E-state index in [9.17, 15) is 0 Å². The van der Waals surface area contributed by atoms with Gasteiger partial charge in [-0.2, -0.15) is 0 Å². The van der Waals surface area contributed by atoms with Gasteiger partial charge in [0.25, 0.3) is 0 Å². The Balaban J connectivity index is 2.20. The van der Waals surface area contributed by atoms with Crippen LogP contribution in [-0.2, 0) is 0 Å². The van der Waals surface area contributed by atoms with Crippen LogP contribution in [0.1, 0.15) is 6.42 Å². The van der Waals surface area contributed by atoms with E-state index in [1.807, 2.05) is 0 Å². The van der Waals surface area contributed by atoms with Gasteiger partial charge in [0.1, 0.15) is 0 Å². The molecule has 54 valence electrons. The molecule has 0 aliphatic carbocycles. The van der Waals surface area contributed by atoms with Crippen molar-refractivity contribution in [1.82, 2.24) is 10.6 Å². The van der Waals surface area contributed by atoms with Gasteiger partial charge in [-0.3, -0.25) is 0 Å². The molecule has 0 aromatic heterocycles. The van der Waals surface area contributed by atoms with Crippen molar-refractivity contribution < 1.29 is 0 Å². The largest absolute Gasteiger partial charge is 0.391 e. The quantitative estimate of drug-likeness (QED) is 0.509. The normalized spacial score (nSPS) is 36.0. The molecule has 0 radical (unpaired) electrons. The van der Waals surface area contributed by atoms with Crippen molar-refractivity contribution >= 4 is 0 Å². The van der Waals surface area contributed by atoms with E-state index in [1.54, 1.807) is 0 Å². The van der Waals surface area contributed by atoms with Crippen molar-refractivity contribution in [3.05, 3.63) is 24.6 Å². The van der Waals surface area contributed by atoms with Crippen LogP contribution >= 0.6 is 0 Å². The standard InChI is InChI=1S/C8H12N2/c1-4-9-5-2-8(1)3-6-10-7-8/h1,3-4,6,9-10H,2,5,7H2. The Labute approximate surface area is 61.0 Å². The van der Waals surface area contributed by atoms with E-state index in [-0.39, 0.29) is 0 Å². The van der Waals surface area contributed by atoms with E-state index in [1.165, 1.54) is 6.42 Å². The van der Waals surface area contributed by atoms with E-state index in [0.29, 0.717) is 5.41 Å². The maximum atomic E-state index is 3.22. The van der Waals surface area contributed by atoms with Gasteiger partial charge in [-0.15, -0.1) is 0 Å². The summed E-state index contributed by atoms with van der Waals surface area (Å²) in [4.78, 5) is 0. The van der Waals surface area contributed by atoms with Gasteiger partial charge < -0.3 is 10.6 Å². The molecule has 0 aromatic carbocycles. The van der Waals surface area contributed by atoms with Crippen LogP contribution in [0.4, 0.5) is 0 Å². The Kier molecular flexibility index (Phi) is 1.19. The lowest BCUT2D eigenvalue weighted by atomic mass is 9.84. The Bertz CT molecular complexity index is 184. The van der Waals surface area contributed by atoms with Gasteiger partial charge in [0.15, 0.2) is 0 Å². The van der Waals surface area contributed by atoms with Crippen LogP contribution in [0.3, 0.4) is 0 Å². The average molecular weight is 136 g/mol. The fraction of sp³-hybridized carbons (Fsp3) is 0.500. The third-order valence-electron chi connectivity index (χ3n) is 2.23. The van der Waals surface area contributed by atoms with Crippen LogP contribution in [0.25, 0.3) is 0 Å². The molecule has 1 atom stereocenters. The van der Waals surface area contributed by atoms with Crippen LogP contribution in [0.2, 0.25) is 0 Å². The van der Waals surface area contributed by atoms with E-state index < -0.39 is 0 Å². The second-order valence-electron chi connectivity index (χ2n) is 2.98. The highest BCUT2D eigenvalue weighted by atomic mass is 14.9. The van der Waals surface area contributed by atoms with Crippen LogP contribution in [0.15, 0.2) is 24.6 Å². The second kappa shape index (κ2) is 2.04. The first-order valence-electron chi connectivity index (χ1n) is 3.74. The predicted octanol–water partition coefficient (Wildman–Crippen LogP) is 0.597. The molecule has 0 saturated heterocycles. The van der Waals surface area contributed by atoms with Crippen molar-refractivity contribution in [3.63, 3.8) is 0 Å². The van der Waals surface area contributed by atoms with Crippen molar-refractivity contribution in [1.29, 1.82) is 0 Å². The zero-order valence-corrected chi connectivity index (χ0v) is 5.93. The molecule has 2 aliphatic rings. The van der Waals surface area contributed by atoms with Crippen LogP contribution in [0, 0.1) is 5.41 Å². The minimum absolute atomic E-state index is 0.339. The highest BCUT2D eigenvalue weighted by molar-refractivity contribution is 5.18.